The second-order valence-corrected chi connectivity index (χ2v) is 3.99. The topological polar surface area (TPSA) is 24.1 Å². The molecule has 1 aliphatic heterocycles. The summed E-state index contributed by atoms with van der Waals surface area (Å²) >= 11 is 0. The van der Waals surface area contributed by atoms with E-state index in [2.05, 4.69) is 41.8 Å². The van der Waals surface area contributed by atoms with E-state index in [1.807, 2.05) is 0 Å². The average molecular weight is 190 g/mol. The lowest BCUT2D eigenvalue weighted by Gasteiger charge is -2.25. The van der Waals surface area contributed by atoms with Crippen LogP contribution in [0.4, 0.5) is 0 Å². The summed E-state index contributed by atoms with van der Waals surface area (Å²) in [5.41, 5.74) is 2.87. The summed E-state index contributed by atoms with van der Waals surface area (Å²) in [7, 11) is 0. The number of benzene rings is 1. The Kier molecular flexibility index (Phi) is 3.17. The predicted octanol–water partition coefficient (Wildman–Crippen LogP) is 1.10. The Morgan fingerprint density at radius 3 is 2.86 bits per heavy atom. The van der Waals surface area contributed by atoms with Gasteiger partial charge in [-0.2, -0.15) is 0 Å². The monoisotopic (exact) mass is 190 g/mol. The van der Waals surface area contributed by atoms with Gasteiger partial charge in [0, 0.05) is 25.7 Å². The summed E-state index contributed by atoms with van der Waals surface area (Å²) in [5.74, 6) is 0. The molecule has 76 valence electrons. The molecule has 2 nitrogen and oxygen atoms in total. The normalized spacial score (nSPS) is 22.2. The summed E-state index contributed by atoms with van der Waals surface area (Å²) in [6.45, 7) is 5.47. The maximum Gasteiger partial charge on any atom is 0.0233 e. The first-order valence-electron chi connectivity index (χ1n) is 5.35. The van der Waals surface area contributed by atoms with Gasteiger partial charge >= 0.3 is 0 Å². The number of hydrogen-bond acceptors (Lipinski definition) is 2. The largest absolute Gasteiger partial charge is 0.314 e. The van der Waals surface area contributed by atoms with Crippen LogP contribution in [-0.4, -0.2) is 25.7 Å². The van der Waals surface area contributed by atoms with Crippen LogP contribution < -0.4 is 10.6 Å². The summed E-state index contributed by atoms with van der Waals surface area (Å²) in [6, 6.07) is 9.24. The molecule has 0 radical (unpaired) electrons. The minimum absolute atomic E-state index is 0.602. The third kappa shape index (κ3) is 2.34. The van der Waals surface area contributed by atoms with Gasteiger partial charge in [-0.15, -0.1) is 0 Å². The van der Waals surface area contributed by atoms with Crippen LogP contribution in [0.2, 0.25) is 0 Å². The van der Waals surface area contributed by atoms with E-state index in [9.17, 15) is 0 Å². The smallest absolute Gasteiger partial charge is 0.0233 e. The Bertz CT molecular complexity index is 290. The molecule has 0 saturated carbocycles. The second kappa shape index (κ2) is 4.58. The molecule has 0 aromatic heterocycles. The van der Waals surface area contributed by atoms with Crippen LogP contribution in [0.25, 0.3) is 0 Å². The lowest BCUT2D eigenvalue weighted by molar-refractivity contribution is 0.416. The Balaban J connectivity index is 1.99. The van der Waals surface area contributed by atoms with Crippen molar-refractivity contribution in [2.45, 2.75) is 19.4 Å². The molecule has 0 unspecified atom stereocenters. The van der Waals surface area contributed by atoms with E-state index in [0.29, 0.717) is 6.04 Å². The molecule has 0 spiro atoms. The first-order valence-corrected chi connectivity index (χ1v) is 5.35. The summed E-state index contributed by atoms with van der Waals surface area (Å²) in [6.07, 6.45) is 1.14. The molecule has 1 saturated heterocycles. The SMILES string of the molecule is Cc1ccccc1C[C@@H]1CNCCN1. The van der Waals surface area contributed by atoms with Crippen LogP contribution in [0.1, 0.15) is 11.1 Å². The molecule has 1 fully saturated rings. The maximum atomic E-state index is 3.53. The van der Waals surface area contributed by atoms with Crippen LogP contribution in [0.5, 0.6) is 0 Å². The van der Waals surface area contributed by atoms with Gasteiger partial charge in [0.15, 0.2) is 0 Å². The molecule has 1 atom stereocenters. The van der Waals surface area contributed by atoms with E-state index in [-0.39, 0.29) is 0 Å². The molecule has 0 bridgehead atoms. The second-order valence-electron chi connectivity index (χ2n) is 3.99. The molecule has 2 heteroatoms. The van der Waals surface area contributed by atoms with Crippen molar-refractivity contribution in [2.75, 3.05) is 19.6 Å². The molecule has 1 aliphatic rings. The van der Waals surface area contributed by atoms with Crippen molar-refractivity contribution in [3.05, 3.63) is 35.4 Å². The van der Waals surface area contributed by atoms with Gasteiger partial charge < -0.3 is 10.6 Å². The maximum absolute atomic E-state index is 3.53. The number of piperazine rings is 1. The summed E-state index contributed by atoms with van der Waals surface area (Å²) in [4.78, 5) is 0. The highest BCUT2D eigenvalue weighted by Gasteiger charge is 2.12. The lowest BCUT2D eigenvalue weighted by atomic mass is 10.0. The molecule has 2 rings (SSSR count). The Morgan fingerprint density at radius 2 is 2.14 bits per heavy atom. The van der Waals surface area contributed by atoms with Crippen molar-refractivity contribution in [1.82, 2.24) is 10.6 Å². The van der Waals surface area contributed by atoms with Gasteiger partial charge in [-0.1, -0.05) is 24.3 Å². The molecule has 1 aromatic carbocycles. The molecule has 0 aliphatic carbocycles. The number of hydrogen-bond donors (Lipinski definition) is 2. The van der Waals surface area contributed by atoms with Gasteiger partial charge in [0.25, 0.3) is 0 Å². The van der Waals surface area contributed by atoms with E-state index in [4.69, 9.17) is 0 Å². The van der Waals surface area contributed by atoms with Gasteiger partial charge in [-0.3, -0.25) is 0 Å². The molecular weight excluding hydrogens is 172 g/mol. The van der Waals surface area contributed by atoms with Crippen LogP contribution in [0, 0.1) is 6.92 Å². The number of rotatable bonds is 2. The van der Waals surface area contributed by atoms with Gasteiger partial charge in [0.2, 0.25) is 0 Å². The quantitative estimate of drug-likeness (QED) is 0.729. The van der Waals surface area contributed by atoms with Crippen molar-refractivity contribution in [1.29, 1.82) is 0 Å². The fraction of sp³-hybridized carbons (Fsp3) is 0.500. The van der Waals surface area contributed by atoms with Gasteiger partial charge in [-0.05, 0) is 24.5 Å². The van der Waals surface area contributed by atoms with Crippen LogP contribution >= 0.6 is 0 Å². The number of aryl methyl sites for hydroxylation is 1. The highest BCUT2D eigenvalue weighted by atomic mass is 15.0. The zero-order valence-corrected chi connectivity index (χ0v) is 8.72. The van der Waals surface area contributed by atoms with Crippen LogP contribution in [0.15, 0.2) is 24.3 Å². The fourth-order valence-electron chi connectivity index (χ4n) is 1.96. The zero-order valence-electron chi connectivity index (χ0n) is 8.72. The average Bonchev–Trinajstić information content (AvgIpc) is 2.23. The Labute approximate surface area is 85.7 Å². The van der Waals surface area contributed by atoms with Gasteiger partial charge in [-0.25, -0.2) is 0 Å². The van der Waals surface area contributed by atoms with E-state index in [1.165, 1.54) is 11.1 Å². The summed E-state index contributed by atoms with van der Waals surface area (Å²) in [5, 5.41) is 6.94. The highest BCUT2D eigenvalue weighted by molar-refractivity contribution is 5.26. The highest BCUT2D eigenvalue weighted by Crippen LogP contribution is 2.09. The van der Waals surface area contributed by atoms with Crippen molar-refractivity contribution in [3.8, 4) is 0 Å². The molecule has 1 heterocycles. The van der Waals surface area contributed by atoms with E-state index in [0.717, 1.165) is 26.1 Å². The standard InChI is InChI=1S/C12H18N2/c1-10-4-2-3-5-11(10)8-12-9-13-6-7-14-12/h2-5,12-14H,6-9H2,1H3/t12-/m1/s1. The fourth-order valence-corrected chi connectivity index (χ4v) is 1.96. The van der Waals surface area contributed by atoms with E-state index >= 15 is 0 Å². The van der Waals surface area contributed by atoms with Crippen molar-refractivity contribution >= 4 is 0 Å². The molecule has 14 heavy (non-hydrogen) atoms. The Hall–Kier alpha value is -0.860. The molecule has 2 N–H and O–H groups in total. The van der Waals surface area contributed by atoms with Gasteiger partial charge in [0.1, 0.15) is 0 Å². The first-order chi connectivity index (χ1) is 6.86. The van der Waals surface area contributed by atoms with Crippen molar-refractivity contribution in [2.24, 2.45) is 0 Å². The Morgan fingerprint density at radius 1 is 1.29 bits per heavy atom. The molecule has 0 amide bonds. The first kappa shape index (κ1) is 9.69. The third-order valence-corrected chi connectivity index (χ3v) is 2.85. The molecular formula is C12H18N2. The van der Waals surface area contributed by atoms with Crippen molar-refractivity contribution in [3.63, 3.8) is 0 Å². The third-order valence-electron chi connectivity index (χ3n) is 2.85. The van der Waals surface area contributed by atoms with Gasteiger partial charge in [0.05, 0.1) is 0 Å². The summed E-state index contributed by atoms with van der Waals surface area (Å²) < 4.78 is 0. The van der Waals surface area contributed by atoms with Crippen molar-refractivity contribution < 1.29 is 0 Å². The van der Waals surface area contributed by atoms with Crippen LogP contribution in [-0.2, 0) is 6.42 Å². The predicted molar refractivity (Wildman–Crippen MR) is 59.5 cm³/mol. The minimum atomic E-state index is 0.602. The van der Waals surface area contributed by atoms with E-state index < -0.39 is 0 Å². The number of nitrogens with one attached hydrogen (secondary N) is 2. The van der Waals surface area contributed by atoms with Crippen LogP contribution in [0.3, 0.4) is 0 Å². The van der Waals surface area contributed by atoms with E-state index in [1.54, 1.807) is 0 Å². The lowest BCUT2D eigenvalue weighted by Crippen LogP contribution is -2.49. The minimum Gasteiger partial charge on any atom is -0.314 e. The molecule has 1 aromatic rings. The zero-order chi connectivity index (χ0) is 9.80.